The summed E-state index contributed by atoms with van der Waals surface area (Å²) < 4.78 is 10.4. The normalized spacial score (nSPS) is 10.2. The maximum absolute atomic E-state index is 5.29. The molecule has 3 heteroatoms. The van der Waals surface area contributed by atoms with Crippen molar-refractivity contribution in [2.45, 2.75) is 6.92 Å². The largest absolute Gasteiger partial charge is 0.379 e. The number of likely N-dealkylation sites (N-methyl/N-ethyl adjacent to an activating group) is 1. The molecule has 0 rings (SSSR count). The van der Waals surface area contributed by atoms with Gasteiger partial charge in [-0.15, -0.1) is 0 Å². The molecule has 12 heavy (non-hydrogen) atoms. The number of hydrogen-bond donors (Lipinski definition) is 1. The van der Waals surface area contributed by atoms with Crippen LogP contribution in [0.2, 0.25) is 0 Å². The van der Waals surface area contributed by atoms with E-state index in [0.29, 0.717) is 19.8 Å². The number of rotatable bonds is 8. The van der Waals surface area contributed by atoms with Gasteiger partial charge in [0, 0.05) is 13.2 Å². The molecule has 0 aliphatic carbocycles. The Bertz CT molecular complexity index is 115. The Morgan fingerprint density at radius 2 is 2.00 bits per heavy atom. The number of ether oxygens (including phenoxy) is 2. The van der Waals surface area contributed by atoms with Gasteiger partial charge in [0.2, 0.25) is 0 Å². The van der Waals surface area contributed by atoms with Crippen LogP contribution in [0.25, 0.3) is 0 Å². The maximum atomic E-state index is 5.29. The standard InChI is InChI=1S/C9H19NO2/c1-4-11-5-6-12-8-9(2)7-10-3/h10H,2,4-8H2,1,3H3. The molecule has 0 heterocycles. The van der Waals surface area contributed by atoms with Crippen molar-refractivity contribution in [3.63, 3.8) is 0 Å². The SMILES string of the molecule is C=C(CNC)COCCOCC. The quantitative estimate of drug-likeness (QED) is 0.435. The molecule has 0 aromatic carbocycles. The second-order valence-corrected chi connectivity index (χ2v) is 2.53. The Morgan fingerprint density at radius 1 is 1.33 bits per heavy atom. The predicted molar refractivity (Wildman–Crippen MR) is 50.4 cm³/mol. The summed E-state index contributed by atoms with van der Waals surface area (Å²) in [4.78, 5) is 0. The lowest BCUT2D eigenvalue weighted by Gasteiger charge is -2.06. The molecule has 1 N–H and O–H groups in total. The van der Waals surface area contributed by atoms with E-state index in [4.69, 9.17) is 9.47 Å². The molecular weight excluding hydrogens is 154 g/mol. The highest BCUT2D eigenvalue weighted by Crippen LogP contribution is 1.88. The van der Waals surface area contributed by atoms with Crippen molar-refractivity contribution in [2.24, 2.45) is 0 Å². The summed E-state index contributed by atoms with van der Waals surface area (Å²) >= 11 is 0. The van der Waals surface area contributed by atoms with Gasteiger partial charge >= 0.3 is 0 Å². The highest BCUT2D eigenvalue weighted by Gasteiger charge is 1.92. The van der Waals surface area contributed by atoms with Crippen molar-refractivity contribution in [1.82, 2.24) is 5.32 Å². The van der Waals surface area contributed by atoms with Gasteiger partial charge in [-0.25, -0.2) is 0 Å². The highest BCUT2D eigenvalue weighted by atomic mass is 16.5. The first-order chi connectivity index (χ1) is 5.81. The second kappa shape index (κ2) is 8.71. The van der Waals surface area contributed by atoms with Gasteiger partial charge in [-0.2, -0.15) is 0 Å². The van der Waals surface area contributed by atoms with E-state index in [-0.39, 0.29) is 0 Å². The molecule has 3 nitrogen and oxygen atoms in total. The Kier molecular flexibility index (Phi) is 8.44. The van der Waals surface area contributed by atoms with Crippen LogP contribution in [0.1, 0.15) is 6.92 Å². The average Bonchev–Trinajstić information content (AvgIpc) is 2.05. The van der Waals surface area contributed by atoms with Crippen LogP contribution in [0, 0.1) is 0 Å². The van der Waals surface area contributed by atoms with Gasteiger partial charge < -0.3 is 14.8 Å². The number of hydrogen-bond acceptors (Lipinski definition) is 3. The average molecular weight is 173 g/mol. The van der Waals surface area contributed by atoms with E-state index in [1.54, 1.807) is 0 Å². The van der Waals surface area contributed by atoms with Gasteiger partial charge in [0.15, 0.2) is 0 Å². The molecule has 0 atom stereocenters. The van der Waals surface area contributed by atoms with Crippen LogP contribution in [0.4, 0.5) is 0 Å². The lowest BCUT2D eigenvalue weighted by atomic mass is 10.3. The van der Waals surface area contributed by atoms with Gasteiger partial charge in [0.1, 0.15) is 0 Å². The molecule has 0 aromatic heterocycles. The van der Waals surface area contributed by atoms with E-state index in [9.17, 15) is 0 Å². The summed E-state index contributed by atoms with van der Waals surface area (Å²) in [5.74, 6) is 0. The summed E-state index contributed by atoms with van der Waals surface area (Å²) in [7, 11) is 1.89. The monoisotopic (exact) mass is 173 g/mol. The van der Waals surface area contributed by atoms with Crippen LogP contribution in [0.5, 0.6) is 0 Å². The summed E-state index contributed by atoms with van der Waals surface area (Å²) in [6.45, 7) is 9.31. The molecule has 0 saturated heterocycles. The predicted octanol–water partition coefficient (Wildman–Crippen LogP) is 0.815. The topological polar surface area (TPSA) is 30.5 Å². The fourth-order valence-corrected chi connectivity index (χ4v) is 0.780. The fraction of sp³-hybridized carbons (Fsp3) is 0.778. The molecule has 0 saturated carbocycles. The van der Waals surface area contributed by atoms with Crippen molar-refractivity contribution in [2.75, 3.05) is 40.0 Å². The molecule has 0 spiro atoms. The molecule has 0 aliphatic rings. The van der Waals surface area contributed by atoms with Crippen molar-refractivity contribution in [1.29, 1.82) is 0 Å². The smallest absolute Gasteiger partial charge is 0.0704 e. The van der Waals surface area contributed by atoms with Crippen LogP contribution in [0.3, 0.4) is 0 Å². The van der Waals surface area contributed by atoms with Gasteiger partial charge in [-0.1, -0.05) is 6.58 Å². The van der Waals surface area contributed by atoms with Gasteiger partial charge in [0.25, 0.3) is 0 Å². The highest BCUT2D eigenvalue weighted by molar-refractivity contribution is 4.96. The maximum Gasteiger partial charge on any atom is 0.0704 e. The lowest BCUT2D eigenvalue weighted by molar-refractivity contribution is 0.0617. The molecule has 72 valence electrons. The Hall–Kier alpha value is -0.380. The van der Waals surface area contributed by atoms with Crippen molar-refractivity contribution < 1.29 is 9.47 Å². The van der Waals surface area contributed by atoms with E-state index in [2.05, 4.69) is 11.9 Å². The summed E-state index contributed by atoms with van der Waals surface area (Å²) in [6, 6.07) is 0. The van der Waals surface area contributed by atoms with Crippen LogP contribution in [-0.2, 0) is 9.47 Å². The lowest BCUT2D eigenvalue weighted by Crippen LogP contribution is -2.14. The minimum Gasteiger partial charge on any atom is -0.379 e. The molecule has 0 radical (unpaired) electrons. The van der Waals surface area contributed by atoms with Crippen LogP contribution in [0.15, 0.2) is 12.2 Å². The van der Waals surface area contributed by atoms with Crippen LogP contribution < -0.4 is 5.32 Å². The van der Waals surface area contributed by atoms with Gasteiger partial charge in [-0.05, 0) is 19.5 Å². The van der Waals surface area contributed by atoms with E-state index >= 15 is 0 Å². The van der Waals surface area contributed by atoms with Crippen LogP contribution in [-0.4, -0.2) is 40.0 Å². The molecule has 0 unspecified atom stereocenters. The molecule has 0 aromatic rings. The minimum absolute atomic E-state index is 0.619. The van der Waals surface area contributed by atoms with Crippen molar-refractivity contribution in [3.05, 3.63) is 12.2 Å². The third-order valence-electron chi connectivity index (χ3n) is 1.31. The van der Waals surface area contributed by atoms with Gasteiger partial charge in [-0.3, -0.25) is 0 Å². The molecule has 0 aliphatic heterocycles. The summed E-state index contributed by atoms with van der Waals surface area (Å²) in [5.41, 5.74) is 1.06. The van der Waals surface area contributed by atoms with E-state index in [1.165, 1.54) is 0 Å². The zero-order valence-electron chi connectivity index (χ0n) is 8.06. The number of nitrogens with one attached hydrogen (secondary N) is 1. The first-order valence-electron chi connectivity index (χ1n) is 4.28. The zero-order valence-corrected chi connectivity index (χ0v) is 8.06. The van der Waals surface area contributed by atoms with E-state index < -0.39 is 0 Å². The van der Waals surface area contributed by atoms with Gasteiger partial charge in [0.05, 0.1) is 19.8 Å². The molecular formula is C9H19NO2. The summed E-state index contributed by atoms with van der Waals surface area (Å²) in [6.07, 6.45) is 0. The third-order valence-corrected chi connectivity index (χ3v) is 1.31. The zero-order chi connectivity index (χ0) is 9.23. The Labute approximate surface area is 74.7 Å². The molecule has 0 fully saturated rings. The first-order valence-corrected chi connectivity index (χ1v) is 4.28. The Balaban J connectivity index is 3.03. The summed E-state index contributed by atoms with van der Waals surface area (Å²) in [5, 5.41) is 3.01. The van der Waals surface area contributed by atoms with E-state index in [0.717, 1.165) is 18.7 Å². The van der Waals surface area contributed by atoms with Crippen molar-refractivity contribution >= 4 is 0 Å². The van der Waals surface area contributed by atoms with E-state index in [1.807, 2.05) is 14.0 Å². The third kappa shape index (κ3) is 7.72. The fourth-order valence-electron chi connectivity index (χ4n) is 0.780. The van der Waals surface area contributed by atoms with Crippen molar-refractivity contribution in [3.8, 4) is 0 Å². The molecule has 0 amide bonds. The first kappa shape index (κ1) is 11.6. The molecule has 0 bridgehead atoms. The second-order valence-electron chi connectivity index (χ2n) is 2.53. The minimum atomic E-state index is 0.619. The Morgan fingerprint density at radius 3 is 2.58 bits per heavy atom. The van der Waals surface area contributed by atoms with Crippen LogP contribution >= 0.6 is 0 Å².